The summed E-state index contributed by atoms with van der Waals surface area (Å²) in [6.07, 6.45) is 0.0441. The maximum absolute atomic E-state index is 12.1. The lowest BCUT2D eigenvalue weighted by molar-refractivity contribution is -0.127. The normalized spacial score (nSPS) is 17.2. The minimum atomic E-state index is -0.522. The maximum atomic E-state index is 12.1. The van der Waals surface area contributed by atoms with Gasteiger partial charge in [-0.3, -0.25) is 9.59 Å². The summed E-state index contributed by atoms with van der Waals surface area (Å²) < 4.78 is 15.7. The summed E-state index contributed by atoms with van der Waals surface area (Å²) in [6, 6.07) is 2.74. The van der Waals surface area contributed by atoms with Crippen molar-refractivity contribution in [3.8, 4) is 17.2 Å². The largest absolute Gasteiger partial charge is 0.493 e. The Morgan fingerprint density at radius 2 is 1.83 bits per heavy atom. The van der Waals surface area contributed by atoms with Crippen LogP contribution in [0.15, 0.2) is 12.1 Å². The Balaban J connectivity index is 2.09. The lowest BCUT2D eigenvalue weighted by Gasteiger charge is -2.23. The number of benzene rings is 1. The molecule has 1 heterocycles. The average Bonchev–Trinajstić information content (AvgIpc) is 2.55. The SMILES string of the molecule is COc1cc(NC(=O)CC2NCCNC2=O)cc(OC)c1OC. The molecule has 1 aromatic carbocycles. The van der Waals surface area contributed by atoms with Crippen LogP contribution in [0.25, 0.3) is 0 Å². The van der Waals surface area contributed by atoms with E-state index in [0.717, 1.165) is 0 Å². The summed E-state index contributed by atoms with van der Waals surface area (Å²) >= 11 is 0. The van der Waals surface area contributed by atoms with Gasteiger partial charge in [-0.15, -0.1) is 0 Å². The first-order valence-electron chi connectivity index (χ1n) is 7.20. The first-order valence-corrected chi connectivity index (χ1v) is 7.20. The fraction of sp³-hybridized carbons (Fsp3) is 0.467. The lowest BCUT2D eigenvalue weighted by atomic mass is 10.1. The molecule has 1 saturated heterocycles. The highest BCUT2D eigenvalue weighted by Gasteiger charge is 2.24. The number of amides is 2. The van der Waals surface area contributed by atoms with Gasteiger partial charge in [0.15, 0.2) is 11.5 Å². The molecular formula is C15H21N3O5. The number of anilines is 1. The number of methoxy groups -OCH3 is 3. The maximum Gasteiger partial charge on any atom is 0.237 e. The highest BCUT2D eigenvalue weighted by molar-refractivity contribution is 5.96. The molecule has 0 aromatic heterocycles. The van der Waals surface area contributed by atoms with E-state index in [-0.39, 0.29) is 18.2 Å². The first-order chi connectivity index (χ1) is 11.1. The second-order valence-electron chi connectivity index (χ2n) is 4.96. The van der Waals surface area contributed by atoms with Crippen LogP contribution in [0.4, 0.5) is 5.69 Å². The number of ether oxygens (including phenoxy) is 3. The van der Waals surface area contributed by atoms with Crippen molar-refractivity contribution in [2.24, 2.45) is 0 Å². The molecule has 1 fully saturated rings. The Bertz CT molecular complexity index is 565. The van der Waals surface area contributed by atoms with Crippen molar-refractivity contribution in [3.05, 3.63) is 12.1 Å². The van der Waals surface area contributed by atoms with Crippen molar-refractivity contribution >= 4 is 17.5 Å². The van der Waals surface area contributed by atoms with Crippen LogP contribution in [-0.2, 0) is 9.59 Å². The van der Waals surface area contributed by atoms with Crippen LogP contribution in [0.2, 0.25) is 0 Å². The Hall–Kier alpha value is -2.48. The molecule has 126 valence electrons. The smallest absolute Gasteiger partial charge is 0.237 e. The summed E-state index contributed by atoms with van der Waals surface area (Å²) in [4.78, 5) is 23.8. The van der Waals surface area contributed by atoms with Gasteiger partial charge in [-0.25, -0.2) is 0 Å². The Labute approximate surface area is 134 Å². The van der Waals surface area contributed by atoms with E-state index < -0.39 is 6.04 Å². The number of piperazine rings is 1. The predicted octanol–water partition coefficient (Wildman–Crippen LogP) is 0.129. The topological polar surface area (TPSA) is 97.9 Å². The molecule has 1 aromatic rings. The fourth-order valence-corrected chi connectivity index (χ4v) is 2.36. The molecule has 1 aliphatic heterocycles. The quantitative estimate of drug-likeness (QED) is 0.688. The van der Waals surface area contributed by atoms with Gasteiger partial charge in [0.05, 0.1) is 33.8 Å². The molecule has 3 N–H and O–H groups in total. The van der Waals surface area contributed by atoms with Gasteiger partial charge in [-0.1, -0.05) is 0 Å². The van der Waals surface area contributed by atoms with Gasteiger partial charge in [0.2, 0.25) is 17.6 Å². The number of hydrogen-bond donors (Lipinski definition) is 3. The average molecular weight is 323 g/mol. The molecule has 2 rings (SSSR count). The van der Waals surface area contributed by atoms with E-state index in [1.165, 1.54) is 21.3 Å². The second-order valence-corrected chi connectivity index (χ2v) is 4.96. The van der Waals surface area contributed by atoms with Crippen LogP contribution in [0, 0.1) is 0 Å². The highest BCUT2D eigenvalue weighted by atomic mass is 16.5. The summed E-state index contributed by atoms with van der Waals surface area (Å²) in [5, 5.41) is 8.46. The predicted molar refractivity (Wildman–Crippen MR) is 84.1 cm³/mol. The van der Waals surface area contributed by atoms with Crippen LogP contribution in [-0.4, -0.2) is 52.3 Å². The Morgan fingerprint density at radius 1 is 1.17 bits per heavy atom. The molecule has 0 saturated carbocycles. The third kappa shape index (κ3) is 4.04. The standard InChI is InChI=1S/C15H21N3O5/c1-21-11-6-9(7-12(22-2)14(11)23-3)18-13(19)8-10-15(20)17-5-4-16-10/h6-7,10,16H,4-5,8H2,1-3H3,(H,17,20)(H,18,19). The van der Waals surface area contributed by atoms with Gasteiger partial charge in [-0.05, 0) is 0 Å². The highest BCUT2D eigenvalue weighted by Crippen LogP contribution is 2.39. The molecule has 1 aliphatic rings. The van der Waals surface area contributed by atoms with E-state index in [0.29, 0.717) is 36.0 Å². The third-order valence-corrected chi connectivity index (χ3v) is 3.47. The number of nitrogens with one attached hydrogen (secondary N) is 3. The fourth-order valence-electron chi connectivity index (χ4n) is 2.36. The molecule has 1 atom stereocenters. The van der Waals surface area contributed by atoms with E-state index in [1.807, 2.05) is 0 Å². The van der Waals surface area contributed by atoms with Crippen LogP contribution in [0.5, 0.6) is 17.2 Å². The minimum absolute atomic E-state index is 0.0441. The minimum Gasteiger partial charge on any atom is -0.493 e. The summed E-state index contributed by atoms with van der Waals surface area (Å²) in [6.45, 7) is 1.22. The van der Waals surface area contributed by atoms with Gasteiger partial charge in [0.1, 0.15) is 0 Å². The number of hydrogen-bond acceptors (Lipinski definition) is 6. The molecule has 8 heteroatoms. The van der Waals surface area contributed by atoms with E-state index in [1.54, 1.807) is 12.1 Å². The van der Waals surface area contributed by atoms with Crippen molar-refractivity contribution in [3.63, 3.8) is 0 Å². The molecule has 0 spiro atoms. The van der Waals surface area contributed by atoms with Crippen molar-refractivity contribution in [2.75, 3.05) is 39.7 Å². The van der Waals surface area contributed by atoms with E-state index in [2.05, 4.69) is 16.0 Å². The van der Waals surface area contributed by atoms with E-state index >= 15 is 0 Å². The van der Waals surface area contributed by atoms with Crippen LogP contribution in [0.1, 0.15) is 6.42 Å². The molecule has 1 unspecified atom stereocenters. The summed E-state index contributed by atoms with van der Waals surface area (Å²) in [5.74, 6) is 0.873. The van der Waals surface area contributed by atoms with Crippen molar-refractivity contribution in [1.82, 2.24) is 10.6 Å². The first kappa shape index (κ1) is 16.9. The Kier molecular flexibility index (Phi) is 5.64. The second kappa shape index (κ2) is 7.68. The molecule has 2 amide bonds. The van der Waals surface area contributed by atoms with E-state index in [4.69, 9.17) is 14.2 Å². The molecule has 8 nitrogen and oxygen atoms in total. The molecule has 23 heavy (non-hydrogen) atoms. The molecule has 0 aliphatic carbocycles. The zero-order chi connectivity index (χ0) is 16.8. The number of carbonyl (C=O) groups excluding carboxylic acids is 2. The number of rotatable bonds is 6. The molecule has 0 bridgehead atoms. The zero-order valence-corrected chi connectivity index (χ0v) is 13.4. The van der Waals surface area contributed by atoms with Crippen molar-refractivity contribution in [2.45, 2.75) is 12.5 Å². The van der Waals surface area contributed by atoms with E-state index in [9.17, 15) is 9.59 Å². The summed E-state index contributed by atoms with van der Waals surface area (Å²) in [5.41, 5.74) is 0.501. The lowest BCUT2D eigenvalue weighted by Crippen LogP contribution is -2.53. The van der Waals surface area contributed by atoms with Gasteiger partial charge < -0.3 is 30.2 Å². The van der Waals surface area contributed by atoms with Crippen LogP contribution < -0.4 is 30.2 Å². The van der Waals surface area contributed by atoms with Crippen molar-refractivity contribution in [1.29, 1.82) is 0 Å². The molecular weight excluding hydrogens is 302 g/mol. The Morgan fingerprint density at radius 3 is 2.35 bits per heavy atom. The summed E-state index contributed by atoms with van der Waals surface area (Å²) in [7, 11) is 4.50. The monoisotopic (exact) mass is 323 g/mol. The van der Waals surface area contributed by atoms with Crippen LogP contribution >= 0.6 is 0 Å². The zero-order valence-electron chi connectivity index (χ0n) is 13.4. The van der Waals surface area contributed by atoms with Crippen molar-refractivity contribution < 1.29 is 23.8 Å². The van der Waals surface area contributed by atoms with Crippen LogP contribution in [0.3, 0.4) is 0 Å². The van der Waals surface area contributed by atoms with Gasteiger partial charge in [0.25, 0.3) is 0 Å². The number of carbonyl (C=O) groups is 2. The van der Waals surface area contributed by atoms with Gasteiger partial charge in [-0.2, -0.15) is 0 Å². The molecule has 0 radical (unpaired) electrons. The third-order valence-electron chi connectivity index (χ3n) is 3.47. The van der Waals surface area contributed by atoms with Gasteiger partial charge in [0, 0.05) is 30.9 Å². The van der Waals surface area contributed by atoms with Gasteiger partial charge >= 0.3 is 0 Å².